The summed E-state index contributed by atoms with van der Waals surface area (Å²) >= 11 is 0. The number of para-hydroxylation sites is 4. The highest BCUT2D eigenvalue weighted by Crippen LogP contribution is 2.36. The predicted octanol–water partition coefficient (Wildman–Crippen LogP) is 4.77. The first-order chi connectivity index (χ1) is 15.7. The highest BCUT2D eigenvalue weighted by molar-refractivity contribution is 6.27. The van der Waals surface area contributed by atoms with Crippen LogP contribution in [0.1, 0.15) is 0 Å². The lowest BCUT2D eigenvalue weighted by Crippen LogP contribution is -2.16. The first-order valence-corrected chi connectivity index (χ1v) is 10.5. The second-order valence-corrected chi connectivity index (χ2v) is 8.33. The van der Waals surface area contributed by atoms with E-state index in [4.69, 9.17) is 0 Å². The van der Waals surface area contributed by atoms with Crippen LogP contribution in [0.5, 0.6) is 0 Å². The normalized spacial score (nSPS) is 12.6. The van der Waals surface area contributed by atoms with E-state index in [1.54, 1.807) is 8.80 Å². The van der Waals surface area contributed by atoms with E-state index in [-0.39, 0.29) is 11.1 Å². The Morgan fingerprint density at radius 3 is 1.38 bits per heavy atom. The molecule has 8 aromatic rings. The largest absolute Gasteiger partial charge is 0.339 e. The molecule has 0 aliphatic heterocycles. The Morgan fingerprint density at radius 2 is 0.906 bits per heavy atom. The van der Waals surface area contributed by atoms with Crippen molar-refractivity contribution in [2.24, 2.45) is 0 Å². The third kappa shape index (κ3) is 1.66. The Bertz CT molecular complexity index is 2030. The maximum atomic E-state index is 13.6. The van der Waals surface area contributed by atoms with E-state index in [1.165, 1.54) is 0 Å². The molecule has 2 N–H and O–H groups in total. The molecule has 150 valence electrons. The van der Waals surface area contributed by atoms with Crippen LogP contribution in [-0.2, 0) is 0 Å². The van der Waals surface area contributed by atoms with Crippen LogP contribution in [-0.4, -0.2) is 18.8 Å². The van der Waals surface area contributed by atoms with Crippen molar-refractivity contribution < 1.29 is 0 Å². The van der Waals surface area contributed by atoms with Gasteiger partial charge in [-0.05, 0) is 48.5 Å². The molecule has 0 saturated heterocycles. The Labute approximate surface area is 178 Å². The predicted molar refractivity (Wildman–Crippen MR) is 128 cm³/mol. The molecule has 6 heteroatoms. The molecule has 6 nitrogen and oxygen atoms in total. The van der Waals surface area contributed by atoms with E-state index in [2.05, 4.69) is 9.97 Å². The molecular weight excluding hydrogens is 400 g/mol. The summed E-state index contributed by atoms with van der Waals surface area (Å²) in [6.07, 6.45) is 0. The van der Waals surface area contributed by atoms with Crippen LogP contribution in [0.2, 0.25) is 0 Å². The van der Waals surface area contributed by atoms with Gasteiger partial charge in [0.2, 0.25) is 0 Å². The second-order valence-electron chi connectivity index (χ2n) is 8.33. The van der Waals surface area contributed by atoms with Gasteiger partial charge >= 0.3 is 0 Å². The summed E-state index contributed by atoms with van der Waals surface area (Å²) in [4.78, 5) is 34.1. The van der Waals surface area contributed by atoms with Crippen LogP contribution < -0.4 is 11.1 Å². The van der Waals surface area contributed by atoms with Crippen molar-refractivity contribution in [2.45, 2.75) is 0 Å². The minimum absolute atomic E-state index is 0.0869. The highest BCUT2D eigenvalue weighted by Gasteiger charge is 2.21. The number of imidazole rings is 2. The van der Waals surface area contributed by atoms with Gasteiger partial charge in [-0.15, -0.1) is 0 Å². The molecule has 0 atom stereocenters. The monoisotopic (exact) mass is 414 g/mol. The summed E-state index contributed by atoms with van der Waals surface area (Å²) in [5.74, 6) is 0. The second kappa shape index (κ2) is 5.18. The number of hydrogen-bond acceptors (Lipinski definition) is 2. The van der Waals surface area contributed by atoms with Crippen LogP contribution >= 0.6 is 0 Å². The Morgan fingerprint density at radius 1 is 0.500 bits per heavy atom. The number of pyridine rings is 2. The van der Waals surface area contributed by atoms with Gasteiger partial charge in [-0.2, -0.15) is 0 Å². The molecule has 4 aromatic heterocycles. The number of nitrogens with zero attached hydrogens (tertiary/aromatic N) is 2. The minimum atomic E-state index is -0.0869. The van der Waals surface area contributed by atoms with Crippen molar-refractivity contribution in [3.63, 3.8) is 0 Å². The maximum absolute atomic E-state index is 13.6. The summed E-state index contributed by atoms with van der Waals surface area (Å²) in [5, 5.41) is 4.73. The summed E-state index contributed by atoms with van der Waals surface area (Å²) in [5.41, 5.74) is 4.81. The zero-order valence-corrected chi connectivity index (χ0v) is 16.6. The lowest BCUT2D eigenvalue weighted by Gasteiger charge is -2.12. The van der Waals surface area contributed by atoms with Crippen molar-refractivity contribution in [1.29, 1.82) is 0 Å². The van der Waals surface area contributed by atoms with Gasteiger partial charge in [-0.25, -0.2) is 0 Å². The average Bonchev–Trinajstić information content (AvgIpc) is 3.40. The molecule has 0 unspecified atom stereocenters. The van der Waals surface area contributed by atoms with E-state index < -0.39 is 0 Å². The summed E-state index contributed by atoms with van der Waals surface area (Å²) in [7, 11) is 0. The molecule has 8 rings (SSSR count). The van der Waals surface area contributed by atoms with Crippen LogP contribution in [0.25, 0.3) is 65.7 Å². The van der Waals surface area contributed by atoms with Crippen molar-refractivity contribution in [3.05, 3.63) is 93.5 Å². The maximum Gasteiger partial charge on any atom is 0.264 e. The summed E-state index contributed by atoms with van der Waals surface area (Å²) < 4.78 is 3.48. The van der Waals surface area contributed by atoms with Crippen LogP contribution in [0.15, 0.2) is 82.4 Å². The van der Waals surface area contributed by atoms with Gasteiger partial charge in [0.05, 0.1) is 22.1 Å². The van der Waals surface area contributed by atoms with Crippen molar-refractivity contribution in [1.82, 2.24) is 18.8 Å². The van der Waals surface area contributed by atoms with Crippen molar-refractivity contribution >= 4 is 65.7 Å². The molecule has 0 saturated carbocycles. The number of benzene rings is 4. The van der Waals surface area contributed by atoms with Crippen molar-refractivity contribution in [3.8, 4) is 0 Å². The van der Waals surface area contributed by atoms with Gasteiger partial charge in [-0.1, -0.05) is 24.3 Å². The number of aromatic nitrogens is 4. The zero-order chi connectivity index (χ0) is 21.1. The fourth-order valence-electron chi connectivity index (χ4n) is 5.44. The third-order valence-electron chi connectivity index (χ3n) is 6.78. The SMILES string of the molecule is O=c1c2ccc3c4c(ccc(c24)c2[nH]c4ccccc4n12)c(=O)n1c2ccccc2[nH]c31. The van der Waals surface area contributed by atoms with Crippen molar-refractivity contribution in [2.75, 3.05) is 0 Å². The van der Waals surface area contributed by atoms with Gasteiger partial charge in [0.1, 0.15) is 11.3 Å². The molecular formula is C26H14N4O2. The van der Waals surface area contributed by atoms with E-state index in [0.717, 1.165) is 54.9 Å². The first kappa shape index (κ1) is 16.2. The molecule has 0 bridgehead atoms. The van der Waals surface area contributed by atoms with Gasteiger partial charge in [-0.3, -0.25) is 18.4 Å². The molecule has 4 heterocycles. The fraction of sp³-hybridized carbons (Fsp3) is 0. The number of rotatable bonds is 0. The number of nitrogens with one attached hydrogen (secondary N) is 2. The Balaban J connectivity index is 1.73. The molecule has 0 aliphatic rings. The van der Waals surface area contributed by atoms with Crippen LogP contribution in [0, 0.1) is 0 Å². The minimum Gasteiger partial charge on any atom is -0.339 e. The van der Waals surface area contributed by atoms with Crippen LogP contribution in [0.4, 0.5) is 0 Å². The fourth-order valence-corrected chi connectivity index (χ4v) is 5.44. The number of aromatic amines is 2. The topological polar surface area (TPSA) is 74.5 Å². The standard InChI is InChI=1S/C26H14N4O2/c31-25-15-12-10-14-22-16(26(32)30-20-8-4-2-6-18(20)28-24(14)30)11-9-13(21(15)22)23-27-17-5-1-3-7-19(17)29(23)25/h1-12,27-28H. The third-order valence-corrected chi connectivity index (χ3v) is 6.78. The molecule has 0 amide bonds. The zero-order valence-electron chi connectivity index (χ0n) is 16.6. The Hall–Kier alpha value is -4.58. The van der Waals surface area contributed by atoms with Crippen LogP contribution in [0.3, 0.4) is 0 Å². The molecule has 0 aliphatic carbocycles. The lowest BCUT2D eigenvalue weighted by molar-refractivity contribution is 1.18. The van der Waals surface area contributed by atoms with Gasteiger partial charge < -0.3 is 9.97 Å². The number of fused-ring (bicyclic) bond motifs is 8. The molecule has 4 aromatic carbocycles. The number of H-pyrrole nitrogens is 2. The van der Waals surface area contributed by atoms with E-state index in [0.29, 0.717) is 10.8 Å². The van der Waals surface area contributed by atoms with Gasteiger partial charge in [0, 0.05) is 32.3 Å². The quantitative estimate of drug-likeness (QED) is 0.351. The molecule has 32 heavy (non-hydrogen) atoms. The smallest absolute Gasteiger partial charge is 0.264 e. The van der Waals surface area contributed by atoms with E-state index in [1.807, 2.05) is 72.8 Å². The van der Waals surface area contributed by atoms with Gasteiger partial charge in [0.25, 0.3) is 11.1 Å². The first-order valence-electron chi connectivity index (χ1n) is 10.5. The molecule has 0 spiro atoms. The van der Waals surface area contributed by atoms with Gasteiger partial charge in [0.15, 0.2) is 0 Å². The summed E-state index contributed by atoms with van der Waals surface area (Å²) in [6, 6.07) is 23.3. The molecule has 0 fully saturated rings. The average molecular weight is 414 g/mol. The van der Waals surface area contributed by atoms with E-state index in [9.17, 15) is 9.59 Å². The van der Waals surface area contributed by atoms with E-state index >= 15 is 0 Å². The number of hydrogen-bond donors (Lipinski definition) is 2. The molecule has 0 radical (unpaired) electrons. The lowest BCUT2D eigenvalue weighted by atomic mass is 9.96. The summed E-state index contributed by atoms with van der Waals surface area (Å²) in [6.45, 7) is 0. The Kier molecular flexibility index (Phi) is 2.61. The highest BCUT2D eigenvalue weighted by atomic mass is 16.1.